The third-order valence-corrected chi connectivity index (χ3v) is 11.1. The van der Waals surface area contributed by atoms with Crippen LogP contribution in [0.3, 0.4) is 0 Å². The van der Waals surface area contributed by atoms with Crippen molar-refractivity contribution in [2.24, 2.45) is 0 Å². The van der Waals surface area contributed by atoms with Gasteiger partial charge in [-0.25, -0.2) is 4.79 Å². The van der Waals surface area contributed by atoms with Crippen molar-refractivity contribution in [2.75, 3.05) is 37.7 Å². The van der Waals surface area contributed by atoms with Gasteiger partial charge in [-0.2, -0.15) is 0 Å². The first-order chi connectivity index (χ1) is 26.3. The fraction of sp³-hybridized carbons (Fsp3) is 0.190. The number of hydrogen-bond acceptors (Lipinski definition) is 9. The van der Waals surface area contributed by atoms with E-state index in [0.29, 0.717) is 44.8 Å². The standard InChI is InChI=1S/C42H39N3O7S2/c1-50-34-19-10-16-29(38(34)51-2)22-33(44-39(47)27-14-8-5-9-15-27)40(48)43-30-17-11-18-31(24-30)53-25-36(46)45-41-37(42(49)52-3)32-21-20-28(23-35(32)54-41)26-12-6-4-7-13-26/h4-19,22,24,28H,20-21,23,25H2,1-3H3,(H,43,48)(H,44,47)(H,45,46)/b33-22+. The maximum absolute atomic E-state index is 13.7. The van der Waals surface area contributed by atoms with Crippen molar-refractivity contribution in [3.63, 3.8) is 0 Å². The number of carbonyl (C=O) groups is 4. The highest BCUT2D eigenvalue weighted by Crippen LogP contribution is 2.43. The number of thiophene rings is 1. The number of benzene rings is 4. The van der Waals surface area contributed by atoms with Crippen LogP contribution in [0.25, 0.3) is 6.08 Å². The van der Waals surface area contributed by atoms with Crippen LogP contribution in [0.2, 0.25) is 0 Å². The fourth-order valence-electron chi connectivity index (χ4n) is 6.30. The molecule has 3 amide bonds. The Bertz CT molecular complexity index is 2180. The number of hydrogen-bond donors (Lipinski definition) is 3. The summed E-state index contributed by atoms with van der Waals surface area (Å²) >= 11 is 2.71. The molecule has 1 unspecified atom stereocenters. The van der Waals surface area contributed by atoms with Crippen molar-refractivity contribution >= 4 is 63.6 Å². The number of nitrogens with one attached hydrogen (secondary N) is 3. The number of fused-ring (bicyclic) bond motifs is 1. The molecular formula is C42H39N3O7S2. The smallest absolute Gasteiger partial charge is 0.341 e. The molecule has 5 aromatic rings. The third kappa shape index (κ3) is 9.02. The summed E-state index contributed by atoms with van der Waals surface area (Å²) in [5.74, 6) is -0.524. The average molecular weight is 762 g/mol. The van der Waals surface area contributed by atoms with E-state index in [0.717, 1.165) is 34.6 Å². The first-order valence-electron chi connectivity index (χ1n) is 17.2. The second-order valence-electron chi connectivity index (χ2n) is 12.3. The van der Waals surface area contributed by atoms with Crippen LogP contribution in [0.5, 0.6) is 11.5 Å². The van der Waals surface area contributed by atoms with Crippen molar-refractivity contribution in [2.45, 2.75) is 30.1 Å². The molecule has 1 heterocycles. The Labute approximate surface area is 321 Å². The number of esters is 1. The lowest BCUT2D eigenvalue weighted by Gasteiger charge is -2.22. The summed E-state index contributed by atoms with van der Waals surface area (Å²) < 4.78 is 16.1. The zero-order valence-corrected chi connectivity index (χ0v) is 31.6. The maximum atomic E-state index is 13.7. The van der Waals surface area contributed by atoms with E-state index in [1.165, 1.54) is 56.1 Å². The minimum Gasteiger partial charge on any atom is -0.493 e. The SMILES string of the molecule is COC(=O)c1c(NC(=O)CSc2cccc(NC(=O)/C(=C\c3cccc(OC)c3OC)NC(=O)c3ccccc3)c2)sc2c1CCC(c1ccccc1)C2. The number of anilines is 2. The van der Waals surface area contributed by atoms with E-state index >= 15 is 0 Å². The molecule has 0 aliphatic heterocycles. The number of para-hydroxylation sites is 1. The van der Waals surface area contributed by atoms with Crippen molar-refractivity contribution < 1.29 is 33.4 Å². The molecule has 0 spiro atoms. The second kappa shape index (κ2) is 17.8. The molecule has 12 heteroatoms. The molecule has 0 fully saturated rings. The highest BCUT2D eigenvalue weighted by molar-refractivity contribution is 8.00. The normalized spacial score (nSPS) is 13.6. The lowest BCUT2D eigenvalue weighted by Crippen LogP contribution is -2.30. The zero-order valence-electron chi connectivity index (χ0n) is 30.0. The molecule has 4 aromatic carbocycles. The molecule has 0 radical (unpaired) electrons. The molecule has 6 rings (SSSR count). The Morgan fingerprint density at radius 1 is 0.852 bits per heavy atom. The first kappa shape index (κ1) is 37.9. The number of thioether (sulfide) groups is 1. The van der Waals surface area contributed by atoms with Gasteiger partial charge < -0.3 is 30.2 Å². The van der Waals surface area contributed by atoms with Gasteiger partial charge in [-0.1, -0.05) is 66.7 Å². The second-order valence-corrected chi connectivity index (χ2v) is 14.5. The van der Waals surface area contributed by atoms with Gasteiger partial charge in [0.15, 0.2) is 11.5 Å². The summed E-state index contributed by atoms with van der Waals surface area (Å²) in [5, 5.41) is 9.06. The molecular weight excluding hydrogens is 723 g/mol. The van der Waals surface area contributed by atoms with Gasteiger partial charge in [0, 0.05) is 26.6 Å². The van der Waals surface area contributed by atoms with Crippen molar-refractivity contribution in [3.8, 4) is 11.5 Å². The Morgan fingerprint density at radius 2 is 1.59 bits per heavy atom. The van der Waals surface area contributed by atoms with E-state index in [9.17, 15) is 19.2 Å². The summed E-state index contributed by atoms with van der Waals surface area (Å²) in [6.45, 7) is 0. The van der Waals surface area contributed by atoms with Gasteiger partial charge in [-0.15, -0.1) is 23.1 Å². The van der Waals surface area contributed by atoms with Gasteiger partial charge >= 0.3 is 5.97 Å². The summed E-state index contributed by atoms with van der Waals surface area (Å²) in [6.07, 6.45) is 3.93. The number of rotatable bonds is 13. The van der Waals surface area contributed by atoms with Crippen LogP contribution in [-0.4, -0.2) is 50.8 Å². The quantitative estimate of drug-likeness (QED) is 0.0626. The Hall–Kier alpha value is -5.85. The summed E-state index contributed by atoms with van der Waals surface area (Å²) in [7, 11) is 4.36. The van der Waals surface area contributed by atoms with E-state index < -0.39 is 17.8 Å². The van der Waals surface area contributed by atoms with Gasteiger partial charge in [0.1, 0.15) is 10.7 Å². The van der Waals surface area contributed by atoms with Crippen LogP contribution in [0.15, 0.2) is 114 Å². The molecule has 1 atom stereocenters. The predicted molar refractivity (Wildman–Crippen MR) is 213 cm³/mol. The fourth-order valence-corrected chi connectivity index (χ4v) is 8.39. The molecule has 0 saturated carbocycles. The molecule has 3 N–H and O–H groups in total. The van der Waals surface area contributed by atoms with Gasteiger partial charge in [0.2, 0.25) is 5.91 Å². The van der Waals surface area contributed by atoms with Gasteiger partial charge in [-0.3, -0.25) is 14.4 Å². The summed E-state index contributed by atoms with van der Waals surface area (Å²) in [5.41, 5.74) is 3.97. The maximum Gasteiger partial charge on any atom is 0.341 e. The number of carbonyl (C=O) groups excluding carboxylic acids is 4. The molecule has 1 aliphatic carbocycles. The largest absolute Gasteiger partial charge is 0.493 e. The van der Waals surface area contributed by atoms with Crippen LogP contribution in [0.4, 0.5) is 10.7 Å². The highest BCUT2D eigenvalue weighted by Gasteiger charge is 2.30. The molecule has 10 nitrogen and oxygen atoms in total. The topological polar surface area (TPSA) is 132 Å². The Balaban J connectivity index is 1.15. The van der Waals surface area contributed by atoms with Crippen molar-refractivity contribution in [3.05, 3.63) is 142 Å². The molecule has 54 heavy (non-hydrogen) atoms. The molecule has 0 saturated heterocycles. The van der Waals surface area contributed by atoms with Gasteiger partial charge in [-0.05, 0) is 78.8 Å². The Morgan fingerprint density at radius 3 is 2.31 bits per heavy atom. The number of ether oxygens (including phenoxy) is 3. The summed E-state index contributed by atoms with van der Waals surface area (Å²) in [4.78, 5) is 54.9. The molecule has 1 aromatic heterocycles. The monoisotopic (exact) mass is 761 g/mol. The summed E-state index contributed by atoms with van der Waals surface area (Å²) in [6, 6.07) is 31.2. The van der Waals surface area contributed by atoms with E-state index in [1.807, 2.05) is 24.3 Å². The van der Waals surface area contributed by atoms with Crippen LogP contribution in [-0.2, 0) is 27.2 Å². The van der Waals surface area contributed by atoms with E-state index in [4.69, 9.17) is 14.2 Å². The lowest BCUT2D eigenvalue weighted by molar-refractivity contribution is -0.114. The van der Waals surface area contributed by atoms with Crippen molar-refractivity contribution in [1.29, 1.82) is 0 Å². The van der Waals surface area contributed by atoms with Crippen LogP contribution < -0.4 is 25.4 Å². The molecule has 1 aliphatic rings. The van der Waals surface area contributed by atoms with Gasteiger partial charge in [0.05, 0.1) is 32.6 Å². The minimum atomic E-state index is -0.574. The number of amides is 3. The van der Waals surface area contributed by atoms with Crippen LogP contribution in [0, 0.1) is 0 Å². The number of methoxy groups -OCH3 is 3. The minimum absolute atomic E-state index is 0.0250. The predicted octanol–water partition coefficient (Wildman–Crippen LogP) is 7.96. The van der Waals surface area contributed by atoms with Crippen molar-refractivity contribution in [1.82, 2.24) is 5.32 Å². The van der Waals surface area contributed by atoms with Gasteiger partial charge in [0.25, 0.3) is 11.8 Å². The van der Waals surface area contributed by atoms with Crippen LogP contribution in [0.1, 0.15) is 54.6 Å². The molecule has 0 bridgehead atoms. The van der Waals surface area contributed by atoms with E-state index in [2.05, 4.69) is 28.1 Å². The van der Waals surface area contributed by atoms with E-state index in [-0.39, 0.29) is 17.4 Å². The Kier molecular flexibility index (Phi) is 12.5. The average Bonchev–Trinajstić information content (AvgIpc) is 3.56. The van der Waals surface area contributed by atoms with Crippen LogP contribution >= 0.6 is 23.1 Å². The lowest BCUT2D eigenvalue weighted by atomic mass is 9.83. The molecule has 276 valence electrons. The first-order valence-corrected chi connectivity index (χ1v) is 19.0. The highest BCUT2D eigenvalue weighted by atomic mass is 32.2. The third-order valence-electron chi connectivity index (χ3n) is 8.90. The zero-order chi connectivity index (χ0) is 38.0. The van der Waals surface area contributed by atoms with E-state index in [1.54, 1.807) is 66.7 Å².